The number of hydrogen-bond donors (Lipinski definition) is 1. The number of carbonyl (C=O) groups is 3. The van der Waals surface area contributed by atoms with Crippen molar-refractivity contribution in [2.75, 3.05) is 11.4 Å². The molecule has 1 aliphatic rings. The molecule has 0 fully saturated rings. The van der Waals surface area contributed by atoms with E-state index in [1.54, 1.807) is 12.1 Å². The lowest BCUT2D eigenvalue weighted by atomic mass is 10.1. The van der Waals surface area contributed by atoms with E-state index in [9.17, 15) is 24.5 Å². The molecule has 27 heavy (non-hydrogen) atoms. The second-order valence-electron chi connectivity index (χ2n) is 6.56. The van der Waals surface area contributed by atoms with Gasteiger partial charge in [-0.05, 0) is 30.2 Å². The summed E-state index contributed by atoms with van der Waals surface area (Å²) in [6.45, 7) is 4.41. The van der Waals surface area contributed by atoms with Crippen molar-refractivity contribution in [2.45, 2.75) is 13.8 Å². The molecule has 0 radical (unpaired) electrons. The average molecular weight is 367 g/mol. The molecule has 3 amide bonds. The number of imide groups is 1. The number of anilines is 1. The summed E-state index contributed by atoms with van der Waals surface area (Å²) in [4.78, 5) is 49.0. The van der Waals surface area contributed by atoms with Crippen molar-refractivity contribution in [3.63, 3.8) is 0 Å². The van der Waals surface area contributed by atoms with Crippen molar-refractivity contribution in [2.24, 2.45) is 5.92 Å². The van der Waals surface area contributed by atoms with Crippen molar-refractivity contribution in [3.05, 3.63) is 69.3 Å². The summed E-state index contributed by atoms with van der Waals surface area (Å²) >= 11 is 0. The van der Waals surface area contributed by atoms with Crippen molar-refractivity contribution in [1.29, 1.82) is 0 Å². The minimum Gasteiger partial charge on any atom is -0.352 e. The maximum Gasteiger partial charge on any atom is 0.283 e. The van der Waals surface area contributed by atoms with Gasteiger partial charge in [-0.2, -0.15) is 0 Å². The summed E-state index contributed by atoms with van der Waals surface area (Å²) in [5.74, 6) is -1.48. The molecular weight excluding hydrogens is 350 g/mol. The van der Waals surface area contributed by atoms with Gasteiger partial charge in [0.15, 0.2) is 0 Å². The second-order valence-corrected chi connectivity index (χ2v) is 6.56. The van der Waals surface area contributed by atoms with E-state index in [4.69, 9.17) is 0 Å². The van der Waals surface area contributed by atoms with Crippen molar-refractivity contribution >= 4 is 29.1 Å². The molecule has 3 rings (SSSR count). The topological polar surface area (TPSA) is 110 Å². The summed E-state index contributed by atoms with van der Waals surface area (Å²) in [6, 6.07) is 9.97. The Morgan fingerprint density at radius 3 is 2.52 bits per heavy atom. The highest BCUT2D eigenvalue weighted by Gasteiger charge is 2.41. The Bertz CT molecular complexity index is 968. The van der Waals surface area contributed by atoms with E-state index in [0.717, 1.165) is 4.90 Å². The number of benzene rings is 2. The number of amides is 3. The molecule has 0 aliphatic carbocycles. The molecule has 2 aromatic carbocycles. The highest BCUT2D eigenvalue weighted by Crippen LogP contribution is 2.34. The molecular formula is C19H17N3O5. The highest BCUT2D eigenvalue weighted by atomic mass is 16.6. The lowest BCUT2D eigenvalue weighted by Gasteiger charge is -2.15. The highest BCUT2D eigenvalue weighted by molar-refractivity contribution is 6.35. The Hall–Kier alpha value is -3.55. The number of nitrogens with one attached hydrogen (secondary N) is 1. The van der Waals surface area contributed by atoms with Gasteiger partial charge >= 0.3 is 0 Å². The first kappa shape index (κ1) is 18.2. The lowest BCUT2D eigenvalue weighted by Crippen LogP contribution is -2.30. The monoisotopic (exact) mass is 367 g/mol. The summed E-state index contributed by atoms with van der Waals surface area (Å²) in [6.07, 6.45) is 0. The van der Waals surface area contributed by atoms with Gasteiger partial charge in [-0.25, -0.2) is 4.90 Å². The molecule has 0 spiro atoms. The Morgan fingerprint density at radius 1 is 1.15 bits per heavy atom. The van der Waals surface area contributed by atoms with Crippen LogP contribution in [0, 0.1) is 16.0 Å². The van der Waals surface area contributed by atoms with Crippen LogP contribution < -0.4 is 10.2 Å². The quantitative estimate of drug-likeness (QED) is 0.496. The average Bonchev–Trinajstić information content (AvgIpc) is 2.90. The Labute approximate surface area is 154 Å². The fourth-order valence-electron chi connectivity index (χ4n) is 2.84. The molecule has 0 saturated carbocycles. The molecule has 0 aromatic heterocycles. The summed E-state index contributed by atoms with van der Waals surface area (Å²) in [7, 11) is 0. The largest absolute Gasteiger partial charge is 0.352 e. The van der Waals surface area contributed by atoms with Crippen LogP contribution in [0.1, 0.15) is 44.9 Å². The predicted octanol–water partition coefficient (Wildman–Crippen LogP) is 2.78. The van der Waals surface area contributed by atoms with Gasteiger partial charge in [-0.3, -0.25) is 24.5 Å². The second kappa shape index (κ2) is 6.99. The minimum absolute atomic E-state index is 0.0242. The first-order valence-corrected chi connectivity index (χ1v) is 8.35. The van der Waals surface area contributed by atoms with Gasteiger partial charge in [-0.1, -0.05) is 26.0 Å². The van der Waals surface area contributed by atoms with Crippen LogP contribution in [-0.4, -0.2) is 29.2 Å². The third-order valence-corrected chi connectivity index (χ3v) is 4.13. The Balaban J connectivity index is 1.96. The molecule has 0 bridgehead atoms. The first-order chi connectivity index (χ1) is 12.8. The summed E-state index contributed by atoms with van der Waals surface area (Å²) < 4.78 is 0. The Morgan fingerprint density at radius 2 is 1.85 bits per heavy atom. The van der Waals surface area contributed by atoms with Crippen molar-refractivity contribution < 1.29 is 19.3 Å². The zero-order valence-electron chi connectivity index (χ0n) is 14.8. The zero-order chi connectivity index (χ0) is 19.7. The maximum absolute atomic E-state index is 12.7. The van der Waals surface area contributed by atoms with Crippen LogP contribution >= 0.6 is 0 Å². The first-order valence-electron chi connectivity index (χ1n) is 8.35. The summed E-state index contributed by atoms with van der Waals surface area (Å²) in [5.41, 5.74) is -0.197. The van der Waals surface area contributed by atoms with E-state index in [1.807, 2.05) is 13.8 Å². The number of rotatable bonds is 5. The summed E-state index contributed by atoms with van der Waals surface area (Å²) in [5, 5.41) is 14.0. The van der Waals surface area contributed by atoms with E-state index in [-0.39, 0.29) is 28.6 Å². The minimum atomic E-state index is -0.776. The smallest absolute Gasteiger partial charge is 0.283 e. The molecule has 8 heteroatoms. The number of nitro groups is 1. The Kier molecular flexibility index (Phi) is 4.72. The van der Waals surface area contributed by atoms with E-state index >= 15 is 0 Å². The van der Waals surface area contributed by atoms with Crippen molar-refractivity contribution in [3.8, 4) is 0 Å². The van der Waals surface area contributed by atoms with Gasteiger partial charge in [-0.15, -0.1) is 0 Å². The van der Waals surface area contributed by atoms with E-state index in [0.29, 0.717) is 12.1 Å². The third kappa shape index (κ3) is 3.29. The molecule has 0 atom stereocenters. The van der Waals surface area contributed by atoms with Crippen LogP contribution in [-0.2, 0) is 0 Å². The zero-order valence-corrected chi connectivity index (χ0v) is 14.8. The number of nitro benzene ring substituents is 1. The molecule has 138 valence electrons. The molecule has 1 heterocycles. The lowest BCUT2D eigenvalue weighted by molar-refractivity contribution is -0.385. The van der Waals surface area contributed by atoms with Gasteiger partial charge < -0.3 is 5.32 Å². The van der Waals surface area contributed by atoms with Gasteiger partial charge in [0.2, 0.25) is 0 Å². The van der Waals surface area contributed by atoms with E-state index in [2.05, 4.69) is 5.32 Å². The van der Waals surface area contributed by atoms with Crippen LogP contribution in [0.3, 0.4) is 0 Å². The number of carbonyl (C=O) groups excluding carboxylic acids is 3. The normalized spacial score (nSPS) is 13.1. The van der Waals surface area contributed by atoms with Gasteiger partial charge in [0.1, 0.15) is 5.56 Å². The maximum atomic E-state index is 12.7. The SMILES string of the molecule is CC(C)CNC(=O)c1cccc(N2C(=O)c3cccc([N+](=O)[O-])c3C2=O)c1. The third-order valence-electron chi connectivity index (χ3n) is 4.13. The standard InChI is InChI=1S/C19H17N3O5/c1-11(2)10-20-17(23)12-5-3-6-13(9-12)21-18(24)14-7-4-8-15(22(26)27)16(14)19(21)25/h3-9,11H,10H2,1-2H3,(H,20,23). The van der Waals surface area contributed by atoms with Crippen molar-refractivity contribution in [1.82, 2.24) is 5.32 Å². The fraction of sp³-hybridized carbons (Fsp3) is 0.211. The van der Waals surface area contributed by atoms with Gasteiger partial charge in [0.05, 0.1) is 16.2 Å². The number of hydrogen-bond acceptors (Lipinski definition) is 5. The predicted molar refractivity (Wildman–Crippen MR) is 97.8 cm³/mol. The fourth-order valence-corrected chi connectivity index (χ4v) is 2.84. The van der Waals surface area contributed by atoms with Crippen LogP contribution in [0.25, 0.3) is 0 Å². The van der Waals surface area contributed by atoms with Gasteiger partial charge in [0, 0.05) is 18.2 Å². The van der Waals surface area contributed by atoms with Crippen LogP contribution in [0.5, 0.6) is 0 Å². The van der Waals surface area contributed by atoms with Crippen LogP contribution in [0.15, 0.2) is 42.5 Å². The molecule has 1 aliphatic heterocycles. The van der Waals surface area contributed by atoms with Crippen LogP contribution in [0.2, 0.25) is 0 Å². The molecule has 8 nitrogen and oxygen atoms in total. The number of fused-ring (bicyclic) bond motifs is 1. The molecule has 1 N–H and O–H groups in total. The number of nitrogens with zero attached hydrogens (tertiary/aromatic N) is 2. The molecule has 0 saturated heterocycles. The molecule has 2 aromatic rings. The van der Waals surface area contributed by atoms with E-state index < -0.39 is 22.4 Å². The van der Waals surface area contributed by atoms with Crippen LogP contribution in [0.4, 0.5) is 11.4 Å². The van der Waals surface area contributed by atoms with Gasteiger partial charge in [0.25, 0.3) is 23.4 Å². The molecule has 0 unspecified atom stereocenters. The van der Waals surface area contributed by atoms with E-state index in [1.165, 1.54) is 30.3 Å².